The molecule has 0 amide bonds. The minimum atomic E-state index is -3.44. The first kappa shape index (κ1) is 17.4. The van der Waals surface area contributed by atoms with Gasteiger partial charge in [-0.3, -0.25) is 0 Å². The minimum Gasteiger partial charge on any atom is -0.324 e. The lowest BCUT2D eigenvalue weighted by molar-refractivity contribution is 0.369. The van der Waals surface area contributed by atoms with E-state index in [0.29, 0.717) is 11.4 Å². The smallest absolute Gasteiger partial charge is 0.240 e. The lowest BCUT2D eigenvalue weighted by Gasteiger charge is -2.28. The van der Waals surface area contributed by atoms with Crippen LogP contribution in [0.4, 0.5) is 0 Å². The van der Waals surface area contributed by atoms with Gasteiger partial charge in [-0.15, -0.1) is 12.4 Å². The summed E-state index contributed by atoms with van der Waals surface area (Å²) in [6.45, 7) is 0.324. The molecule has 0 saturated heterocycles. The van der Waals surface area contributed by atoms with E-state index in [1.165, 1.54) is 12.8 Å². The Labute approximate surface area is 127 Å². The zero-order valence-electron chi connectivity index (χ0n) is 11.5. The van der Waals surface area contributed by atoms with E-state index in [0.717, 1.165) is 25.7 Å². The van der Waals surface area contributed by atoms with Crippen LogP contribution in [-0.4, -0.2) is 20.5 Å². The van der Waals surface area contributed by atoms with Crippen molar-refractivity contribution in [3.63, 3.8) is 0 Å². The Morgan fingerprint density at radius 3 is 2.15 bits per heavy atom. The summed E-state index contributed by atoms with van der Waals surface area (Å²) in [5, 5.41) is 0. The molecule has 1 aliphatic rings. The van der Waals surface area contributed by atoms with Crippen LogP contribution < -0.4 is 10.5 Å². The number of rotatable bonds is 4. The molecular weight excluding hydrogens is 296 g/mol. The van der Waals surface area contributed by atoms with E-state index in [9.17, 15) is 8.42 Å². The van der Waals surface area contributed by atoms with Gasteiger partial charge >= 0.3 is 0 Å². The van der Waals surface area contributed by atoms with Gasteiger partial charge in [0.05, 0.1) is 4.90 Å². The lowest BCUT2D eigenvalue weighted by atomic mass is 9.92. The Kier molecular flexibility index (Phi) is 6.45. The summed E-state index contributed by atoms with van der Waals surface area (Å²) >= 11 is 0. The van der Waals surface area contributed by atoms with Crippen LogP contribution in [0.5, 0.6) is 0 Å². The van der Waals surface area contributed by atoms with Crippen molar-refractivity contribution in [2.24, 2.45) is 5.73 Å². The summed E-state index contributed by atoms with van der Waals surface area (Å²) in [5.41, 5.74) is 5.93. The maximum Gasteiger partial charge on any atom is 0.240 e. The van der Waals surface area contributed by atoms with Crippen LogP contribution >= 0.6 is 12.4 Å². The molecule has 0 aliphatic heterocycles. The number of sulfonamides is 1. The third-order valence-electron chi connectivity index (χ3n) is 3.77. The van der Waals surface area contributed by atoms with Crippen LogP contribution in [0, 0.1) is 0 Å². The Bertz CT molecular complexity index is 497. The molecule has 1 aromatic carbocycles. The van der Waals surface area contributed by atoms with Crippen LogP contribution in [0.1, 0.15) is 38.5 Å². The van der Waals surface area contributed by atoms with E-state index in [4.69, 9.17) is 5.73 Å². The van der Waals surface area contributed by atoms with Crippen molar-refractivity contribution < 1.29 is 8.42 Å². The average molecular weight is 319 g/mol. The van der Waals surface area contributed by atoms with Gasteiger partial charge < -0.3 is 5.73 Å². The highest BCUT2D eigenvalue weighted by molar-refractivity contribution is 7.89. The van der Waals surface area contributed by atoms with E-state index >= 15 is 0 Å². The van der Waals surface area contributed by atoms with E-state index in [2.05, 4.69) is 4.72 Å². The Morgan fingerprint density at radius 2 is 1.60 bits per heavy atom. The van der Waals surface area contributed by atoms with Crippen LogP contribution in [0.2, 0.25) is 0 Å². The molecule has 114 valence electrons. The molecule has 0 heterocycles. The van der Waals surface area contributed by atoms with Gasteiger partial charge in [-0.05, 0) is 25.0 Å². The van der Waals surface area contributed by atoms with Crippen molar-refractivity contribution in [1.82, 2.24) is 4.72 Å². The number of nitrogens with one attached hydrogen (secondary N) is 1. The van der Waals surface area contributed by atoms with Crippen molar-refractivity contribution >= 4 is 22.4 Å². The van der Waals surface area contributed by atoms with Crippen LogP contribution in [0.3, 0.4) is 0 Å². The van der Waals surface area contributed by atoms with Gasteiger partial charge in [0.25, 0.3) is 0 Å². The molecule has 2 rings (SSSR count). The molecule has 0 radical (unpaired) electrons. The van der Waals surface area contributed by atoms with Crippen molar-refractivity contribution in [2.45, 2.75) is 49.0 Å². The van der Waals surface area contributed by atoms with Crippen molar-refractivity contribution in [3.8, 4) is 0 Å². The first-order valence-corrected chi connectivity index (χ1v) is 8.34. The minimum absolute atomic E-state index is 0. The molecule has 3 N–H and O–H groups in total. The summed E-state index contributed by atoms with van der Waals surface area (Å²) in [7, 11) is -3.44. The van der Waals surface area contributed by atoms with E-state index in [1.807, 2.05) is 0 Å². The van der Waals surface area contributed by atoms with Crippen LogP contribution in [0.25, 0.3) is 0 Å². The highest BCUT2D eigenvalue weighted by Gasteiger charge is 2.28. The quantitative estimate of drug-likeness (QED) is 0.837. The molecule has 0 unspecified atom stereocenters. The molecule has 0 spiro atoms. The number of nitrogens with two attached hydrogens (primary N) is 1. The summed E-state index contributed by atoms with van der Waals surface area (Å²) in [5.74, 6) is 0. The van der Waals surface area contributed by atoms with Crippen LogP contribution in [0.15, 0.2) is 35.2 Å². The fraction of sp³-hybridized carbons (Fsp3) is 0.571. The predicted molar refractivity (Wildman–Crippen MR) is 83.5 cm³/mol. The highest BCUT2D eigenvalue weighted by Crippen LogP contribution is 2.24. The van der Waals surface area contributed by atoms with Gasteiger partial charge in [0.1, 0.15) is 0 Å². The monoisotopic (exact) mass is 318 g/mol. The standard InChI is InChI=1S/C14H22N2O2S.ClH/c15-14(10-6-1-2-7-11-14)12-16-19(17,18)13-8-4-3-5-9-13;/h3-5,8-9,16H,1-2,6-7,10-12,15H2;1H. The lowest BCUT2D eigenvalue weighted by Crippen LogP contribution is -2.49. The third kappa shape index (κ3) is 4.74. The number of benzene rings is 1. The first-order chi connectivity index (χ1) is 9.02. The molecule has 20 heavy (non-hydrogen) atoms. The molecule has 1 saturated carbocycles. The summed E-state index contributed by atoms with van der Waals surface area (Å²) in [6, 6.07) is 8.43. The van der Waals surface area contributed by atoms with Gasteiger partial charge in [0, 0.05) is 12.1 Å². The van der Waals surface area contributed by atoms with Gasteiger partial charge in [-0.1, -0.05) is 43.9 Å². The highest BCUT2D eigenvalue weighted by atomic mass is 35.5. The zero-order valence-corrected chi connectivity index (χ0v) is 13.2. The molecule has 1 aliphatic carbocycles. The second kappa shape index (κ2) is 7.41. The Morgan fingerprint density at radius 1 is 1.05 bits per heavy atom. The number of hydrogen-bond acceptors (Lipinski definition) is 3. The maximum atomic E-state index is 12.1. The Hall–Kier alpha value is -0.620. The fourth-order valence-electron chi connectivity index (χ4n) is 2.53. The molecule has 6 heteroatoms. The summed E-state index contributed by atoms with van der Waals surface area (Å²) in [4.78, 5) is 0.298. The molecular formula is C14H23ClN2O2S. The first-order valence-electron chi connectivity index (χ1n) is 6.86. The third-order valence-corrected chi connectivity index (χ3v) is 5.18. The van der Waals surface area contributed by atoms with Crippen LogP contribution in [-0.2, 0) is 10.0 Å². The van der Waals surface area contributed by atoms with Crippen molar-refractivity contribution in [2.75, 3.05) is 6.54 Å². The molecule has 0 atom stereocenters. The second-order valence-electron chi connectivity index (χ2n) is 5.41. The fourth-order valence-corrected chi connectivity index (χ4v) is 3.69. The van der Waals surface area contributed by atoms with Gasteiger partial charge in [-0.2, -0.15) is 0 Å². The second-order valence-corrected chi connectivity index (χ2v) is 7.18. The summed E-state index contributed by atoms with van der Waals surface area (Å²) < 4.78 is 26.9. The SMILES string of the molecule is Cl.NC1(CNS(=O)(=O)c2ccccc2)CCCCCC1. The molecule has 4 nitrogen and oxygen atoms in total. The molecule has 1 aromatic rings. The zero-order chi connectivity index (χ0) is 13.8. The largest absolute Gasteiger partial charge is 0.324 e. The van der Waals surface area contributed by atoms with E-state index in [1.54, 1.807) is 30.3 Å². The predicted octanol–water partition coefficient (Wildman–Crippen LogP) is 2.44. The average Bonchev–Trinajstić information content (AvgIpc) is 2.63. The van der Waals surface area contributed by atoms with Gasteiger partial charge in [0.15, 0.2) is 0 Å². The van der Waals surface area contributed by atoms with E-state index in [-0.39, 0.29) is 12.4 Å². The Balaban J connectivity index is 0.00000200. The number of halogens is 1. The van der Waals surface area contributed by atoms with Crippen molar-refractivity contribution in [3.05, 3.63) is 30.3 Å². The topological polar surface area (TPSA) is 72.2 Å². The van der Waals surface area contributed by atoms with Crippen molar-refractivity contribution in [1.29, 1.82) is 0 Å². The molecule has 0 aromatic heterocycles. The number of hydrogen-bond donors (Lipinski definition) is 2. The molecule has 1 fully saturated rings. The summed E-state index contributed by atoms with van der Waals surface area (Å²) in [6.07, 6.45) is 6.36. The normalized spacial score (nSPS) is 18.9. The molecule has 0 bridgehead atoms. The maximum absolute atomic E-state index is 12.1. The van der Waals surface area contributed by atoms with E-state index < -0.39 is 15.6 Å². The van der Waals surface area contributed by atoms with Gasteiger partial charge in [-0.25, -0.2) is 13.1 Å². The van der Waals surface area contributed by atoms with Gasteiger partial charge in [0.2, 0.25) is 10.0 Å².